The first kappa shape index (κ1) is 13.3. The summed E-state index contributed by atoms with van der Waals surface area (Å²) in [5, 5.41) is 2.07. The molecule has 2 heterocycles. The van der Waals surface area contributed by atoms with Gasteiger partial charge in [-0.15, -0.1) is 0 Å². The van der Waals surface area contributed by atoms with Gasteiger partial charge in [-0.3, -0.25) is 15.0 Å². The lowest BCUT2D eigenvalue weighted by molar-refractivity contribution is -0.122. The molecule has 2 rings (SSSR count). The first-order valence-corrected chi connectivity index (χ1v) is 6.20. The fourth-order valence-corrected chi connectivity index (χ4v) is 2.41. The summed E-state index contributed by atoms with van der Waals surface area (Å²) in [6.45, 7) is 3.17. The average molecular weight is 257 g/mol. The highest BCUT2D eigenvalue weighted by molar-refractivity contribution is 5.94. The molecule has 7 heteroatoms. The number of rotatable bonds is 3. The number of likely N-dealkylation sites (tertiary alicyclic amines) is 1. The second kappa shape index (κ2) is 6.12. The summed E-state index contributed by atoms with van der Waals surface area (Å²) in [5.41, 5.74) is 4.88. The molecule has 3 amide bonds. The largest absolute Gasteiger partial charge is 0.351 e. The van der Waals surface area contributed by atoms with Crippen molar-refractivity contribution >= 4 is 11.9 Å². The standard InChI is InChI=1S/C11H19N3O4/c12-11(16)13-9(15)7-14-3-1-8(2-4-14)10-17-5-6-18-10/h8,10H,1-7H2,(H3,12,13,15,16). The van der Waals surface area contributed by atoms with E-state index in [1.165, 1.54) is 0 Å². The number of carbonyl (C=O) groups excluding carboxylic acids is 2. The van der Waals surface area contributed by atoms with Gasteiger partial charge in [0, 0.05) is 5.92 Å². The number of imide groups is 1. The van der Waals surface area contributed by atoms with E-state index < -0.39 is 6.03 Å². The van der Waals surface area contributed by atoms with Crippen molar-refractivity contribution in [1.82, 2.24) is 10.2 Å². The third-order valence-corrected chi connectivity index (χ3v) is 3.29. The van der Waals surface area contributed by atoms with Crippen LogP contribution < -0.4 is 11.1 Å². The van der Waals surface area contributed by atoms with Gasteiger partial charge in [0.1, 0.15) is 0 Å². The van der Waals surface area contributed by atoms with Crippen molar-refractivity contribution in [3.8, 4) is 0 Å². The van der Waals surface area contributed by atoms with Crippen LogP contribution in [-0.2, 0) is 14.3 Å². The molecule has 2 aliphatic rings. The zero-order chi connectivity index (χ0) is 13.0. The Morgan fingerprint density at radius 3 is 2.39 bits per heavy atom. The monoisotopic (exact) mass is 257 g/mol. The van der Waals surface area contributed by atoms with E-state index in [2.05, 4.69) is 5.32 Å². The topological polar surface area (TPSA) is 93.9 Å². The van der Waals surface area contributed by atoms with Crippen LogP contribution in [0.15, 0.2) is 0 Å². The summed E-state index contributed by atoms with van der Waals surface area (Å²) in [4.78, 5) is 23.9. The number of amides is 3. The second-order valence-corrected chi connectivity index (χ2v) is 4.64. The van der Waals surface area contributed by atoms with Crippen molar-refractivity contribution in [3.63, 3.8) is 0 Å². The Morgan fingerprint density at radius 1 is 1.22 bits per heavy atom. The van der Waals surface area contributed by atoms with E-state index in [0.717, 1.165) is 25.9 Å². The van der Waals surface area contributed by atoms with Crippen LogP contribution in [-0.4, -0.2) is 56.0 Å². The highest BCUT2D eigenvalue weighted by atomic mass is 16.7. The van der Waals surface area contributed by atoms with Crippen LogP contribution in [0, 0.1) is 5.92 Å². The highest BCUT2D eigenvalue weighted by Gasteiger charge is 2.30. The minimum Gasteiger partial charge on any atom is -0.351 e. The first-order valence-electron chi connectivity index (χ1n) is 6.20. The van der Waals surface area contributed by atoms with Crippen molar-refractivity contribution in [2.24, 2.45) is 11.7 Å². The van der Waals surface area contributed by atoms with Crippen LogP contribution in [0.1, 0.15) is 12.8 Å². The Morgan fingerprint density at radius 2 is 1.83 bits per heavy atom. The van der Waals surface area contributed by atoms with E-state index in [9.17, 15) is 9.59 Å². The molecular formula is C11H19N3O4. The van der Waals surface area contributed by atoms with E-state index >= 15 is 0 Å². The number of nitrogens with zero attached hydrogens (tertiary/aromatic N) is 1. The number of nitrogens with one attached hydrogen (secondary N) is 1. The zero-order valence-electron chi connectivity index (χ0n) is 10.3. The van der Waals surface area contributed by atoms with Gasteiger partial charge in [-0.05, 0) is 25.9 Å². The summed E-state index contributed by atoms with van der Waals surface area (Å²) >= 11 is 0. The summed E-state index contributed by atoms with van der Waals surface area (Å²) in [6, 6.07) is -0.803. The number of nitrogens with two attached hydrogens (primary N) is 1. The Kier molecular flexibility index (Phi) is 4.51. The third-order valence-electron chi connectivity index (χ3n) is 3.29. The molecule has 102 valence electrons. The lowest BCUT2D eigenvalue weighted by Crippen LogP contribution is -2.45. The van der Waals surface area contributed by atoms with Gasteiger partial charge in [0.2, 0.25) is 5.91 Å². The van der Waals surface area contributed by atoms with Crippen LogP contribution in [0.5, 0.6) is 0 Å². The normalized spacial score (nSPS) is 23.1. The molecule has 2 fully saturated rings. The van der Waals surface area contributed by atoms with Crippen LogP contribution in [0.3, 0.4) is 0 Å². The molecule has 0 unspecified atom stereocenters. The number of hydrogen-bond donors (Lipinski definition) is 2. The number of primary amides is 1. The minimum absolute atomic E-state index is 0.0772. The maximum Gasteiger partial charge on any atom is 0.318 e. The molecule has 2 aliphatic heterocycles. The summed E-state index contributed by atoms with van der Waals surface area (Å²) in [7, 11) is 0. The Hall–Kier alpha value is -1.18. The molecule has 2 saturated heterocycles. The smallest absolute Gasteiger partial charge is 0.318 e. The van der Waals surface area contributed by atoms with E-state index in [0.29, 0.717) is 19.1 Å². The van der Waals surface area contributed by atoms with E-state index in [-0.39, 0.29) is 18.7 Å². The molecule has 7 nitrogen and oxygen atoms in total. The quantitative estimate of drug-likeness (QED) is 0.695. The van der Waals surface area contributed by atoms with Gasteiger partial charge < -0.3 is 15.2 Å². The SMILES string of the molecule is NC(=O)NC(=O)CN1CCC(C2OCCO2)CC1. The fraction of sp³-hybridized carbons (Fsp3) is 0.818. The number of hydrogen-bond acceptors (Lipinski definition) is 5. The predicted octanol–water partition coefficient (Wildman–Crippen LogP) is -0.734. The van der Waals surface area contributed by atoms with Crippen molar-refractivity contribution in [2.75, 3.05) is 32.8 Å². The number of piperidine rings is 1. The second-order valence-electron chi connectivity index (χ2n) is 4.64. The van der Waals surface area contributed by atoms with Gasteiger partial charge in [0.25, 0.3) is 0 Å². The molecular weight excluding hydrogens is 238 g/mol. The molecule has 0 saturated carbocycles. The molecule has 0 aromatic heterocycles. The van der Waals surface area contributed by atoms with Gasteiger partial charge in [-0.1, -0.05) is 0 Å². The highest BCUT2D eigenvalue weighted by Crippen LogP contribution is 2.25. The van der Waals surface area contributed by atoms with Crippen LogP contribution in [0.2, 0.25) is 0 Å². The molecule has 0 radical (unpaired) electrons. The first-order chi connectivity index (χ1) is 8.65. The summed E-state index contributed by atoms with van der Waals surface area (Å²) < 4.78 is 11.0. The molecule has 0 atom stereocenters. The van der Waals surface area contributed by atoms with Crippen LogP contribution in [0.25, 0.3) is 0 Å². The Balaban J connectivity index is 1.69. The molecule has 0 aromatic rings. The molecule has 0 aromatic carbocycles. The van der Waals surface area contributed by atoms with Gasteiger partial charge in [0.05, 0.1) is 19.8 Å². The van der Waals surface area contributed by atoms with Gasteiger partial charge >= 0.3 is 6.03 Å². The van der Waals surface area contributed by atoms with E-state index in [1.54, 1.807) is 0 Å². The number of ether oxygens (including phenoxy) is 2. The van der Waals surface area contributed by atoms with E-state index in [4.69, 9.17) is 15.2 Å². The Bertz CT molecular complexity index is 309. The lowest BCUT2D eigenvalue weighted by atomic mass is 9.96. The van der Waals surface area contributed by atoms with Crippen molar-refractivity contribution in [3.05, 3.63) is 0 Å². The number of carbonyl (C=O) groups is 2. The van der Waals surface area contributed by atoms with Gasteiger partial charge in [-0.2, -0.15) is 0 Å². The van der Waals surface area contributed by atoms with Crippen LogP contribution >= 0.6 is 0 Å². The van der Waals surface area contributed by atoms with Gasteiger partial charge in [-0.25, -0.2) is 4.79 Å². The molecule has 0 bridgehead atoms. The Labute approximate surface area is 106 Å². The maximum absolute atomic E-state index is 11.4. The van der Waals surface area contributed by atoms with Crippen molar-refractivity contribution in [1.29, 1.82) is 0 Å². The third kappa shape index (κ3) is 3.66. The molecule has 18 heavy (non-hydrogen) atoms. The fourth-order valence-electron chi connectivity index (χ4n) is 2.41. The average Bonchev–Trinajstić information content (AvgIpc) is 2.82. The molecule has 3 N–H and O–H groups in total. The minimum atomic E-state index is -0.803. The lowest BCUT2D eigenvalue weighted by Gasteiger charge is -2.33. The van der Waals surface area contributed by atoms with Crippen molar-refractivity contribution in [2.45, 2.75) is 19.1 Å². The zero-order valence-corrected chi connectivity index (χ0v) is 10.3. The molecule has 0 aliphatic carbocycles. The van der Waals surface area contributed by atoms with Gasteiger partial charge in [0.15, 0.2) is 6.29 Å². The summed E-state index contributed by atoms with van der Waals surface area (Å²) in [5.74, 6) is 0.0530. The van der Waals surface area contributed by atoms with Crippen LogP contribution in [0.4, 0.5) is 4.79 Å². The number of urea groups is 1. The summed E-state index contributed by atoms with van der Waals surface area (Å²) in [6.07, 6.45) is 1.80. The van der Waals surface area contributed by atoms with Crippen molar-refractivity contribution < 1.29 is 19.1 Å². The maximum atomic E-state index is 11.4. The molecule has 0 spiro atoms. The predicted molar refractivity (Wildman–Crippen MR) is 62.6 cm³/mol. The van der Waals surface area contributed by atoms with E-state index in [1.807, 2.05) is 4.90 Å².